The van der Waals surface area contributed by atoms with Crippen molar-refractivity contribution < 1.29 is 19.4 Å². The number of carbonyl (C=O) groups is 1. The van der Waals surface area contributed by atoms with Crippen LogP contribution in [0.1, 0.15) is 5.56 Å². The lowest BCUT2D eigenvalue weighted by atomic mass is 10.2. The summed E-state index contributed by atoms with van der Waals surface area (Å²) in [5, 5.41) is 14.5. The van der Waals surface area contributed by atoms with Crippen LogP contribution in [0.4, 0.5) is 0 Å². The summed E-state index contributed by atoms with van der Waals surface area (Å²) in [5.41, 5.74) is 4.01. The number of rotatable bonds is 8. The Morgan fingerprint density at radius 1 is 1.11 bits per heavy atom. The van der Waals surface area contributed by atoms with Crippen molar-refractivity contribution in [2.75, 3.05) is 20.0 Å². The molecule has 0 aliphatic carbocycles. The van der Waals surface area contributed by atoms with E-state index in [-0.39, 0.29) is 23.0 Å². The number of phenolic OH excluding ortho intramolecular Hbond substituents is 1. The van der Waals surface area contributed by atoms with Crippen LogP contribution in [0, 0.1) is 0 Å². The highest BCUT2D eigenvalue weighted by Gasteiger charge is 2.15. The minimum absolute atomic E-state index is 0.0101. The van der Waals surface area contributed by atoms with E-state index in [4.69, 9.17) is 9.47 Å². The number of hydrazone groups is 1. The molecule has 10 heteroatoms. The first-order chi connectivity index (χ1) is 17.0. The maximum absolute atomic E-state index is 13.3. The number of phenols is 1. The predicted octanol–water partition coefficient (Wildman–Crippen LogP) is 3.35. The molecule has 0 saturated heterocycles. The van der Waals surface area contributed by atoms with Gasteiger partial charge in [0, 0.05) is 0 Å². The molecule has 0 radical (unpaired) electrons. The number of para-hydroxylation sites is 1. The van der Waals surface area contributed by atoms with Crippen molar-refractivity contribution in [3.05, 3.63) is 82.6 Å². The van der Waals surface area contributed by atoms with Crippen molar-refractivity contribution >= 4 is 34.8 Å². The van der Waals surface area contributed by atoms with E-state index >= 15 is 0 Å². The first kappa shape index (κ1) is 23.8. The molecular weight excluding hydrogens is 468 g/mol. The van der Waals surface area contributed by atoms with Gasteiger partial charge in [0.25, 0.3) is 11.5 Å². The van der Waals surface area contributed by atoms with E-state index in [2.05, 4.69) is 15.5 Å². The summed E-state index contributed by atoms with van der Waals surface area (Å²) in [6.45, 7) is 0. The van der Waals surface area contributed by atoms with Crippen molar-refractivity contribution in [1.82, 2.24) is 15.0 Å². The monoisotopic (exact) mass is 490 g/mol. The molecule has 0 atom stereocenters. The van der Waals surface area contributed by atoms with Gasteiger partial charge in [0.1, 0.15) is 5.75 Å². The van der Waals surface area contributed by atoms with Gasteiger partial charge in [-0.1, -0.05) is 23.9 Å². The van der Waals surface area contributed by atoms with Crippen LogP contribution in [0.2, 0.25) is 0 Å². The molecule has 1 amide bonds. The lowest BCUT2D eigenvalue weighted by molar-refractivity contribution is -0.118. The molecule has 2 N–H and O–H groups in total. The van der Waals surface area contributed by atoms with E-state index in [0.29, 0.717) is 38.8 Å². The van der Waals surface area contributed by atoms with Gasteiger partial charge in [0.2, 0.25) is 0 Å². The number of hydrogen-bond donors (Lipinski definition) is 2. The number of hydrogen-bond acceptors (Lipinski definition) is 8. The quantitative estimate of drug-likeness (QED) is 0.168. The summed E-state index contributed by atoms with van der Waals surface area (Å²) >= 11 is 1.12. The minimum atomic E-state index is -0.374. The van der Waals surface area contributed by atoms with Crippen LogP contribution < -0.4 is 20.5 Å². The fourth-order valence-corrected chi connectivity index (χ4v) is 4.09. The summed E-state index contributed by atoms with van der Waals surface area (Å²) in [4.78, 5) is 30.3. The molecule has 0 aliphatic rings. The summed E-state index contributed by atoms with van der Waals surface area (Å²) in [6, 6.07) is 18.8. The molecule has 9 nitrogen and oxygen atoms in total. The van der Waals surface area contributed by atoms with Crippen LogP contribution in [0.3, 0.4) is 0 Å². The van der Waals surface area contributed by atoms with Crippen LogP contribution >= 0.6 is 11.8 Å². The summed E-state index contributed by atoms with van der Waals surface area (Å²) in [5.74, 6) is 0.580. The van der Waals surface area contributed by atoms with Crippen molar-refractivity contribution in [2.24, 2.45) is 5.10 Å². The average molecular weight is 491 g/mol. The van der Waals surface area contributed by atoms with Gasteiger partial charge in [-0.05, 0) is 60.2 Å². The first-order valence-electron chi connectivity index (χ1n) is 10.5. The fraction of sp³-hybridized carbons (Fsp3) is 0.120. The lowest BCUT2D eigenvalue weighted by Gasteiger charge is -2.13. The molecule has 4 aromatic rings. The van der Waals surface area contributed by atoms with Crippen molar-refractivity contribution in [1.29, 1.82) is 0 Å². The number of nitrogens with zero attached hydrogens (tertiary/aromatic N) is 3. The number of ether oxygens (including phenoxy) is 2. The van der Waals surface area contributed by atoms with Crippen molar-refractivity contribution in [3.63, 3.8) is 0 Å². The summed E-state index contributed by atoms with van der Waals surface area (Å²) in [6.07, 6.45) is 1.44. The second kappa shape index (κ2) is 10.7. The molecule has 0 unspecified atom stereocenters. The summed E-state index contributed by atoms with van der Waals surface area (Å²) < 4.78 is 11.7. The Morgan fingerprint density at radius 2 is 1.89 bits per heavy atom. The van der Waals surface area contributed by atoms with Crippen molar-refractivity contribution in [2.45, 2.75) is 5.16 Å². The van der Waals surface area contributed by atoms with E-state index in [9.17, 15) is 14.7 Å². The van der Waals surface area contributed by atoms with E-state index in [1.54, 1.807) is 67.8 Å². The zero-order valence-electron chi connectivity index (χ0n) is 19.0. The van der Waals surface area contributed by atoms with Gasteiger partial charge in [-0.15, -0.1) is 0 Å². The zero-order valence-corrected chi connectivity index (χ0v) is 19.8. The number of aromatic hydroxyl groups is 1. The molecule has 1 aromatic heterocycles. The smallest absolute Gasteiger partial charge is 0.266 e. The maximum atomic E-state index is 13.3. The Morgan fingerprint density at radius 3 is 2.63 bits per heavy atom. The number of thioether (sulfide) groups is 1. The number of methoxy groups -OCH3 is 2. The second-order valence-electron chi connectivity index (χ2n) is 7.26. The minimum Gasteiger partial charge on any atom is -0.504 e. The van der Waals surface area contributed by atoms with Gasteiger partial charge < -0.3 is 14.6 Å². The van der Waals surface area contributed by atoms with E-state index in [1.807, 2.05) is 0 Å². The Hall–Kier alpha value is -4.31. The number of amides is 1. The molecule has 0 saturated carbocycles. The summed E-state index contributed by atoms with van der Waals surface area (Å²) in [7, 11) is 3.01. The van der Waals surface area contributed by atoms with E-state index < -0.39 is 0 Å². The molecule has 0 bridgehead atoms. The highest BCUT2D eigenvalue weighted by molar-refractivity contribution is 7.99. The third kappa shape index (κ3) is 5.44. The molecule has 178 valence electrons. The number of carbonyl (C=O) groups excluding carboxylic acids is 1. The maximum Gasteiger partial charge on any atom is 0.266 e. The molecule has 0 aliphatic heterocycles. The number of benzene rings is 3. The number of aromatic nitrogens is 2. The van der Waals surface area contributed by atoms with Crippen LogP contribution in [-0.4, -0.2) is 46.8 Å². The number of fused-ring (bicyclic) bond motifs is 1. The molecular formula is C25H22N4O5S. The number of nitrogens with one attached hydrogen (secondary N) is 1. The van der Waals surface area contributed by atoms with Crippen molar-refractivity contribution in [3.8, 4) is 22.9 Å². The topological polar surface area (TPSA) is 115 Å². The van der Waals surface area contributed by atoms with Gasteiger partial charge in [0.05, 0.1) is 42.8 Å². The van der Waals surface area contributed by atoms with Gasteiger partial charge >= 0.3 is 0 Å². The van der Waals surface area contributed by atoms with Gasteiger partial charge in [-0.25, -0.2) is 10.4 Å². The SMILES string of the molecule is COc1ccc(-n2c(SCC(=O)N/N=C\c3ccc(O)c(OC)c3)nc3ccccc3c2=O)cc1. The third-order valence-electron chi connectivity index (χ3n) is 5.01. The van der Waals surface area contributed by atoms with Crippen LogP contribution in [0.5, 0.6) is 17.2 Å². The highest BCUT2D eigenvalue weighted by Crippen LogP contribution is 2.25. The Kier molecular flexibility index (Phi) is 7.32. The molecule has 4 rings (SSSR count). The lowest BCUT2D eigenvalue weighted by Crippen LogP contribution is -2.24. The molecule has 3 aromatic carbocycles. The fourth-order valence-electron chi connectivity index (χ4n) is 3.28. The highest BCUT2D eigenvalue weighted by atomic mass is 32.2. The zero-order chi connectivity index (χ0) is 24.8. The third-order valence-corrected chi connectivity index (χ3v) is 5.95. The van der Waals surface area contributed by atoms with Crippen LogP contribution in [-0.2, 0) is 4.79 Å². The predicted molar refractivity (Wildman–Crippen MR) is 135 cm³/mol. The molecule has 1 heterocycles. The average Bonchev–Trinajstić information content (AvgIpc) is 2.88. The second-order valence-corrected chi connectivity index (χ2v) is 8.21. The Balaban J connectivity index is 1.54. The normalized spacial score (nSPS) is 11.0. The molecule has 35 heavy (non-hydrogen) atoms. The largest absolute Gasteiger partial charge is 0.504 e. The van der Waals surface area contributed by atoms with Gasteiger partial charge in [-0.3, -0.25) is 14.2 Å². The van der Waals surface area contributed by atoms with E-state index in [1.165, 1.54) is 24.0 Å². The van der Waals surface area contributed by atoms with Crippen LogP contribution in [0.15, 0.2) is 81.8 Å². The Bertz CT molecular complexity index is 1450. The van der Waals surface area contributed by atoms with E-state index in [0.717, 1.165) is 11.8 Å². The molecule has 0 spiro atoms. The van der Waals surface area contributed by atoms with Gasteiger partial charge in [0.15, 0.2) is 16.7 Å². The van der Waals surface area contributed by atoms with Crippen LogP contribution in [0.25, 0.3) is 16.6 Å². The standard InChI is InChI=1S/C25H22N4O5S/c1-33-18-10-8-17(9-11-18)29-24(32)19-5-3-4-6-20(19)27-25(29)35-15-23(31)28-26-14-16-7-12-21(30)22(13-16)34-2/h3-14,30H,15H2,1-2H3,(H,28,31)/b26-14-. The first-order valence-corrected chi connectivity index (χ1v) is 11.5. The van der Waals surface area contributed by atoms with Gasteiger partial charge in [-0.2, -0.15) is 5.10 Å². The molecule has 0 fully saturated rings. The Labute approximate surface area is 205 Å².